The molecule has 2 heterocycles. The molecule has 2 aliphatic heterocycles. The Kier molecular flexibility index (Phi) is 1.58. The van der Waals surface area contributed by atoms with Gasteiger partial charge in [-0.1, -0.05) is 0 Å². The Hall–Kier alpha value is -1.76. The van der Waals surface area contributed by atoms with Gasteiger partial charge in [-0.15, -0.1) is 0 Å². The highest BCUT2D eigenvalue weighted by molar-refractivity contribution is 7.90. The largest absolute Gasteiger partial charge is 0.491 e. The first-order valence-electron chi connectivity index (χ1n) is 4.66. The second-order valence-corrected chi connectivity index (χ2v) is 5.30. The fourth-order valence-corrected chi connectivity index (χ4v) is 3.50. The van der Waals surface area contributed by atoms with Crippen LogP contribution in [0.25, 0.3) is 0 Å². The summed E-state index contributed by atoms with van der Waals surface area (Å²) in [5.74, 6) is -0.241. The summed E-state index contributed by atoms with van der Waals surface area (Å²) in [6, 6.07) is 1.35. The summed E-state index contributed by atoms with van der Waals surface area (Å²) >= 11 is 0. The van der Waals surface area contributed by atoms with Gasteiger partial charge in [0.15, 0.2) is 0 Å². The molecule has 1 aromatic rings. The van der Waals surface area contributed by atoms with Gasteiger partial charge in [0.05, 0.1) is 17.9 Å². The van der Waals surface area contributed by atoms with Crippen LogP contribution in [0.5, 0.6) is 5.75 Å². The van der Waals surface area contributed by atoms with Gasteiger partial charge < -0.3 is 10.5 Å². The highest BCUT2D eigenvalue weighted by Crippen LogP contribution is 2.40. The number of nitrogens with one attached hydrogen (secondary N) is 1. The zero-order chi connectivity index (χ0) is 11.5. The summed E-state index contributed by atoms with van der Waals surface area (Å²) in [6.07, 6.45) is 0.455. The van der Waals surface area contributed by atoms with Crippen molar-refractivity contribution < 1.29 is 17.9 Å². The molecule has 0 atom stereocenters. The van der Waals surface area contributed by atoms with E-state index < -0.39 is 15.9 Å². The highest BCUT2D eigenvalue weighted by Gasteiger charge is 2.38. The molecule has 3 N–H and O–H groups in total. The van der Waals surface area contributed by atoms with Crippen LogP contribution in [0.3, 0.4) is 0 Å². The van der Waals surface area contributed by atoms with E-state index in [2.05, 4.69) is 0 Å². The molecule has 0 unspecified atom stereocenters. The third-order valence-corrected chi connectivity index (χ3v) is 4.15. The lowest BCUT2D eigenvalue weighted by molar-refractivity contribution is 0.0985. The summed E-state index contributed by atoms with van der Waals surface area (Å²) in [5.41, 5.74) is 6.62. The van der Waals surface area contributed by atoms with E-state index >= 15 is 0 Å². The lowest BCUT2D eigenvalue weighted by Crippen LogP contribution is -2.21. The lowest BCUT2D eigenvalue weighted by Gasteiger charge is -2.06. The minimum absolute atomic E-state index is 0.0270. The Labute approximate surface area is 91.4 Å². The van der Waals surface area contributed by atoms with Gasteiger partial charge in [-0.2, -0.15) is 0 Å². The fourth-order valence-electron chi connectivity index (χ4n) is 2.08. The molecule has 84 valence electrons. The molecule has 3 rings (SSSR count). The minimum atomic E-state index is -3.73. The first-order valence-corrected chi connectivity index (χ1v) is 6.14. The van der Waals surface area contributed by atoms with Crippen molar-refractivity contribution in [2.45, 2.75) is 11.3 Å². The molecule has 7 heteroatoms. The third kappa shape index (κ3) is 1.00. The molecule has 0 radical (unpaired) electrons. The predicted molar refractivity (Wildman–Crippen MR) is 54.7 cm³/mol. The van der Waals surface area contributed by atoms with Gasteiger partial charge in [0.25, 0.3) is 15.9 Å². The van der Waals surface area contributed by atoms with Gasteiger partial charge in [-0.25, -0.2) is 13.1 Å². The molecule has 16 heavy (non-hydrogen) atoms. The van der Waals surface area contributed by atoms with Gasteiger partial charge in [0.1, 0.15) is 10.6 Å². The Morgan fingerprint density at radius 1 is 1.44 bits per heavy atom. The maximum atomic E-state index is 11.7. The van der Waals surface area contributed by atoms with Crippen LogP contribution in [0.15, 0.2) is 11.0 Å². The van der Waals surface area contributed by atoms with Crippen molar-refractivity contribution in [3.63, 3.8) is 0 Å². The van der Waals surface area contributed by atoms with Crippen LogP contribution in [-0.4, -0.2) is 20.9 Å². The topological polar surface area (TPSA) is 98.5 Å². The van der Waals surface area contributed by atoms with E-state index in [1.165, 1.54) is 6.07 Å². The number of benzene rings is 1. The second-order valence-electron chi connectivity index (χ2n) is 3.68. The van der Waals surface area contributed by atoms with Crippen molar-refractivity contribution in [3.8, 4) is 5.75 Å². The lowest BCUT2D eigenvalue weighted by atomic mass is 10.1. The van der Waals surface area contributed by atoms with Crippen molar-refractivity contribution in [1.29, 1.82) is 0 Å². The van der Waals surface area contributed by atoms with Gasteiger partial charge in [0.2, 0.25) is 0 Å². The van der Waals surface area contributed by atoms with Crippen LogP contribution < -0.4 is 15.2 Å². The molecule has 0 aliphatic carbocycles. The zero-order valence-electron chi connectivity index (χ0n) is 8.11. The zero-order valence-corrected chi connectivity index (χ0v) is 8.93. The van der Waals surface area contributed by atoms with Crippen LogP contribution in [0.4, 0.5) is 5.69 Å². The number of fused-ring (bicyclic) bond motifs is 3. The number of hydrogen-bond acceptors (Lipinski definition) is 5. The summed E-state index contributed by atoms with van der Waals surface area (Å²) in [6.45, 7) is 0.389. The molecule has 6 nitrogen and oxygen atoms in total. The Bertz CT molecular complexity index is 621. The molecule has 0 fully saturated rings. The van der Waals surface area contributed by atoms with Crippen molar-refractivity contribution in [2.75, 3.05) is 12.3 Å². The second kappa shape index (κ2) is 2.67. The van der Waals surface area contributed by atoms with Crippen LogP contribution in [0.1, 0.15) is 15.9 Å². The number of carbonyl (C=O) groups is 1. The maximum absolute atomic E-state index is 11.7. The summed E-state index contributed by atoms with van der Waals surface area (Å²) in [4.78, 5) is 11.5. The van der Waals surface area contributed by atoms with Crippen LogP contribution >= 0.6 is 0 Å². The minimum Gasteiger partial charge on any atom is -0.491 e. The molecule has 1 aromatic carbocycles. The van der Waals surface area contributed by atoms with E-state index in [0.29, 0.717) is 30.0 Å². The molecule has 1 amide bonds. The van der Waals surface area contributed by atoms with Crippen LogP contribution in [0.2, 0.25) is 0 Å². The van der Waals surface area contributed by atoms with Crippen LogP contribution in [0, 0.1) is 0 Å². The van der Waals surface area contributed by atoms with Crippen molar-refractivity contribution in [3.05, 3.63) is 17.2 Å². The number of sulfonamides is 1. The van der Waals surface area contributed by atoms with E-state index in [1.807, 2.05) is 4.72 Å². The van der Waals surface area contributed by atoms with Gasteiger partial charge >= 0.3 is 0 Å². The van der Waals surface area contributed by atoms with Crippen molar-refractivity contribution >= 4 is 21.6 Å². The number of anilines is 1. The summed E-state index contributed by atoms with van der Waals surface area (Å²) < 4.78 is 30.6. The van der Waals surface area contributed by atoms with Gasteiger partial charge in [0, 0.05) is 12.0 Å². The standard InChI is InChI=1S/C9H8N2O4S/c10-6-3-5-8(4-1-2-15-7(4)6)16(13,14)11-9(5)12/h3H,1-2,10H2,(H,11,12). The van der Waals surface area contributed by atoms with Gasteiger partial charge in [-0.3, -0.25) is 4.79 Å². The molecule has 0 saturated heterocycles. The maximum Gasteiger partial charge on any atom is 0.266 e. The third-order valence-electron chi connectivity index (χ3n) is 2.69. The monoisotopic (exact) mass is 240 g/mol. The first-order chi connectivity index (χ1) is 7.50. The van der Waals surface area contributed by atoms with Crippen LogP contribution in [-0.2, 0) is 16.4 Å². The quantitative estimate of drug-likeness (QED) is 0.603. The normalized spacial score (nSPS) is 19.9. The van der Waals surface area contributed by atoms with Crippen molar-refractivity contribution in [2.24, 2.45) is 0 Å². The van der Waals surface area contributed by atoms with Crippen molar-refractivity contribution in [1.82, 2.24) is 4.72 Å². The number of rotatable bonds is 0. The fraction of sp³-hybridized carbons (Fsp3) is 0.222. The molecule has 2 aliphatic rings. The van der Waals surface area contributed by atoms with Gasteiger partial charge in [-0.05, 0) is 6.07 Å². The number of amides is 1. The smallest absolute Gasteiger partial charge is 0.266 e. The van der Waals surface area contributed by atoms with E-state index in [9.17, 15) is 13.2 Å². The first kappa shape index (κ1) is 9.46. The van der Waals surface area contributed by atoms with E-state index in [4.69, 9.17) is 10.5 Å². The number of nitrogens with two attached hydrogens (primary N) is 1. The highest BCUT2D eigenvalue weighted by atomic mass is 32.2. The SMILES string of the molecule is Nc1cc2c(c3c1OCC3)S(=O)(=O)NC2=O. The van der Waals surface area contributed by atoms with E-state index in [1.54, 1.807) is 0 Å². The molecule has 0 aromatic heterocycles. The Balaban J connectivity index is 2.45. The Morgan fingerprint density at radius 3 is 2.94 bits per heavy atom. The number of carbonyl (C=O) groups excluding carboxylic acids is 1. The molecule has 0 saturated carbocycles. The number of hydrogen-bond donors (Lipinski definition) is 2. The summed E-state index contributed by atoms with van der Waals surface area (Å²) in [5, 5.41) is 0. The molecular weight excluding hydrogens is 232 g/mol. The average molecular weight is 240 g/mol. The Morgan fingerprint density at radius 2 is 2.19 bits per heavy atom. The predicted octanol–water partition coefficient (Wildman–Crippen LogP) is -0.364. The molecule has 0 spiro atoms. The number of nitrogen functional groups attached to an aromatic ring is 1. The van der Waals surface area contributed by atoms with E-state index in [0.717, 1.165) is 0 Å². The van der Waals surface area contributed by atoms with E-state index in [-0.39, 0.29) is 10.5 Å². The molecule has 0 bridgehead atoms. The summed E-state index contributed by atoms with van der Waals surface area (Å²) in [7, 11) is -3.73. The average Bonchev–Trinajstić information content (AvgIpc) is 2.71. The number of ether oxygens (including phenoxy) is 1. The molecular formula is C9H8N2O4S.